The number of dihydropyridines is 1. The van der Waals surface area contributed by atoms with E-state index in [1.54, 1.807) is 4.68 Å². The third kappa shape index (κ3) is 4.63. The molecule has 4 aromatic rings. The fraction of sp³-hybridized carbons (Fsp3) is 0.300. The maximum absolute atomic E-state index is 13.7. The van der Waals surface area contributed by atoms with Crippen LogP contribution in [0.4, 0.5) is 0 Å². The molecule has 40 heavy (non-hydrogen) atoms. The molecule has 0 saturated carbocycles. The van der Waals surface area contributed by atoms with Gasteiger partial charge in [-0.15, -0.1) is 0 Å². The van der Waals surface area contributed by atoms with Gasteiger partial charge in [-0.2, -0.15) is 5.10 Å². The number of likely N-dealkylation sites (tertiary alicyclic amines) is 1. The smallest absolute Gasteiger partial charge is 0.326 e. The number of carbonyl (C=O) groups excluding carboxylic acids is 1. The Balaban J connectivity index is 1.27. The van der Waals surface area contributed by atoms with Gasteiger partial charge in [-0.25, -0.2) is 9.48 Å². The Hall–Kier alpha value is -4.47. The summed E-state index contributed by atoms with van der Waals surface area (Å²) in [4.78, 5) is 35.8. The van der Waals surface area contributed by atoms with Crippen molar-refractivity contribution in [3.63, 3.8) is 0 Å². The molecular formula is C30H32BN7O2. The number of piperidine rings is 1. The summed E-state index contributed by atoms with van der Waals surface area (Å²) in [7, 11) is 1.96. The van der Waals surface area contributed by atoms with Crippen LogP contribution in [0.1, 0.15) is 59.5 Å². The fourth-order valence-corrected chi connectivity index (χ4v) is 5.76. The summed E-state index contributed by atoms with van der Waals surface area (Å²) >= 11 is 0. The molecule has 2 N–H and O–H groups in total. The molecule has 6 rings (SSSR count). The summed E-state index contributed by atoms with van der Waals surface area (Å²) in [6.07, 6.45) is 8.46. The second-order valence-electron chi connectivity index (χ2n) is 10.5. The number of aromatic nitrogens is 4. The Bertz CT molecular complexity index is 1730. The topological polar surface area (TPSA) is 112 Å². The summed E-state index contributed by atoms with van der Waals surface area (Å²) in [6.45, 7) is 3.97. The first-order chi connectivity index (χ1) is 19.5. The Labute approximate surface area is 233 Å². The monoisotopic (exact) mass is 533 g/mol. The number of aromatic amines is 1. The van der Waals surface area contributed by atoms with Gasteiger partial charge in [0.1, 0.15) is 7.85 Å². The summed E-state index contributed by atoms with van der Waals surface area (Å²) in [5.74, 6) is -0.112. The molecule has 0 radical (unpaired) electrons. The zero-order valence-corrected chi connectivity index (χ0v) is 22.9. The van der Waals surface area contributed by atoms with Crippen molar-refractivity contribution >= 4 is 48.3 Å². The number of aliphatic imine (C=N–C) groups is 1. The minimum atomic E-state index is -0.112. The molecule has 9 nitrogen and oxygen atoms in total. The number of allylic oxidation sites excluding steroid dienone is 1. The van der Waals surface area contributed by atoms with Crippen LogP contribution in [0.5, 0.6) is 0 Å². The second kappa shape index (κ2) is 10.6. The third-order valence-electron chi connectivity index (χ3n) is 8.04. The Kier molecular flexibility index (Phi) is 6.83. The molecule has 202 valence electrons. The fourth-order valence-electron chi connectivity index (χ4n) is 5.76. The highest BCUT2D eigenvalue weighted by Crippen LogP contribution is 2.28. The van der Waals surface area contributed by atoms with Gasteiger partial charge in [-0.3, -0.25) is 14.4 Å². The van der Waals surface area contributed by atoms with Crippen molar-refractivity contribution in [1.82, 2.24) is 24.2 Å². The molecule has 2 aromatic carbocycles. The number of carbonyl (C=O) groups is 1. The highest BCUT2D eigenvalue weighted by atomic mass is 16.2. The molecule has 2 aliphatic rings. The van der Waals surface area contributed by atoms with E-state index in [2.05, 4.69) is 35.1 Å². The van der Waals surface area contributed by atoms with Crippen LogP contribution < -0.4 is 11.2 Å². The summed E-state index contributed by atoms with van der Waals surface area (Å²) in [5, 5.41) is 12.4. The first-order valence-electron chi connectivity index (χ1n) is 13.9. The first kappa shape index (κ1) is 25.8. The van der Waals surface area contributed by atoms with Gasteiger partial charge >= 0.3 is 5.69 Å². The lowest BCUT2D eigenvalue weighted by Gasteiger charge is -2.32. The van der Waals surface area contributed by atoms with E-state index in [4.69, 9.17) is 10.5 Å². The van der Waals surface area contributed by atoms with Gasteiger partial charge in [-0.1, -0.05) is 30.6 Å². The number of imidazole rings is 1. The number of H-pyrrole nitrogens is 1. The molecule has 0 aliphatic carbocycles. The number of nitrogens with one attached hydrogen (secondary N) is 2. The summed E-state index contributed by atoms with van der Waals surface area (Å²) < 4.78 is 3.68. The van der Waals surface area contributed by atoms with Crippen LogP contribution in [0, 0.1) is 5.41 Å². The molecule has 10 heteroatoms. The van der Waals surface area contributed by atoms with Gasteiger partial charge in [0.2, 0.25) is 0 Å². The van der Waals surface area contributed by atoms with E-state index < -0.39 is 0 Å². The summed E-state index contributed by atoms with van der Waals surface area (Å²) in [5.41, 5.74) is 7.68. The van der Waals surface area contributed by atoms with Crippen LogP contribution in [-0.2, 0) is 6.42 Å². The van der Waals surface area contributed by atoms with E-state index in [-0.39, 0.29) is 17.6 Å². The van der Waals surface area contributed by atoms with Crippen molar-refractivity contribution < 1.29 is 4.79 Å². The zero-order valence-electron chi connectivity index (χ0n) is 22.9. The highest BCUT2D eigenvalue weighted by Gasteiger charge is 2.29. The second-order valence-corrected chi connectivity index (χ2v) is 10.5. The van der Waals surface area contributed by atoms with Gasteiger partial charge in [0.15, 0.2) is 5.69 Å². The molecule has 0 unspecified atom stereocenters. The number of fused-ring (bicyclic) bond motifs is 1. The molecule has 0 bridgehead atoms. The predicted octanol–water partition coefficient (Wildman–Crippen LogP) is 2.67. The molecule has 4 heterocycles. The van der Waals surface area contributed by atoms with Crippen LogP contribution in [-0.4, -0.2) is 70.0 Å². The first-order valence-corrected chi connectivity index (χ1v) is 13.9. The molecular weight excluding hydrogens is 501 g/mol. The Morgan fingerprint density at radius 1 is 1.18 bits per heavy atom. The molecule has 0 atom stereocenters. The van der Waals surface area contributed by atoms with E-state index >= 15 is 0 Å². The van der Waals surface area contributed by atoms with Crippen LogP contribution >= 0.6 is 0 Å². The van der Waals surface area contributed by atoms with Gasteiger partial charge in [0, 0.05) is 43.7 Å². The van der Waals surface area contributed by atoms with E-state index in [0.29, 0.717) is 31.6 Å². The van der Waals surface area contributed by atoms with Crippen molar-refractivity contribution in [3.8, 4) is 5.69 Å². The van der Waals surface area contributed by atoms with Gasteiger partial charge in [0.25, 0.3) is 5.91 Å². The van der Waals surface area contributed by atoms with Crippen LogP contribution in [0.15, 0.2) is 58.3 Å². The minimum Gasteiger partial charge on any atom is -0.337 e. The number of benzene rings is 2. The molecule has 2 aromatic heterocycles. The number of hydrogen-bond acceptors (Lipinski definition) is 5. The lowest BCUT2D eigenvalue weighted by Crippen LogP contribution is -2.40. The molecule has 2 aliphatic heterocycles. The Morgan fingerprint density at radius 3 is 2.70 bits per heavy atom. The van der Waals surface area contributed by atoms with Gasteiger partial charge < -0.3 is 15.3 Å². The maximum atomic E-state index is 13.7. The number of rotatable bonds is 6. The SMILES string of the molecule is Bc1cc(-n2nc(C(=O)N3CCC(n4c(=O)[nH]c5ccc(CC)cc54)CC3)cc2C2=CCCN=C2)ccc1C=N. The van der Waals surface area contributed by atoms with E-state index in [0.717, 1.165) is 58.4 Å². The van der Waals surface area contributed by atoms with Crippen molar-refractivity contribution in [3.05, 3.63) is 81.5 Å². The maximum Gasteiger partial charge on any atom is 0.326 e. The average molecular weight is 533 g/mol. The van der Waals surface area contributed by atoms with E-state index in [1.165, 1.54) is 11.8 Å². The number of amides is 1. The lowest BCUT2D eigenvalue weighted by atomic mass is 9.90. The molecule has 0 spiro atoms. The standard InChI is InChI=1S/C30H32BN7O2/c1-2-19-5-8-25-28(14-19)37(30(40)34-25)22-9-12-36(13-10-22)29(39)26-16-27(21-4-3-11-33-18-21)38(35-26)23-7-6-20(17-32)24(31)15-23/h4-8,14-18,22,32H,2-3,9-13,31H2,1H3,(H,34,40). The molecule has 1 amide bonds. The lowest BCUT2D eigenvalue weighted by molar-refractivity contribution is 0.0688. The summed E-state index contributed by atoms with van der Waals surface area (Å²) in [6, 6.07) is 13.8. The third-order valence-corrected chi connectivity index (χ3v) is 8.04. The molecule has 1 fully saturated rings. The Morgan fingerprint density at radius 2 is 2.00 bits per heavy atom. The van der Waals surface area contributed by atoms with E-state index in [1.807, 2.05) is 53.9 Å². The van der Waals surface area contributed by atoms with Crippen LogP contribution in [0.3, 0.4) is 0 Å². The molecule has 1 saturated heterocycles. The van der Waals surface area contributed by atoms with Crippen molar-refractivity contribution in [2.45, 2.75) is 38.6 Å². The quantitative estimate of drug-likeness (QED) is 0.294. The van der Waals surface area contributed by atoms with Crippen molar-refractivity contribution in [1.29, 1.82) is 5.41 Å². The number of hydrogen-bond donors (Lipinski definition) is 2. The van der Waals surface area contributed by atoms with Crippen LogP contribution in [0.25, 0.3) is 22.3 Å². The predicted molar refractivity (Wildman–Crippen MR) is 162 cm³/mol. The van der Waals surface area contributed by atoms with E-state index in [9.17, 15) is 9.59 Å². The zero-order chi connectivity index (χ0) is 27.8. The number of nitrogens with zero attached hydrogens (tertiary/aromatic N) is 5. The van der Waals surface area contributed by atoms with Crippen molar-refractivity contribution in [2.75, 3.05) is 19.6 Å². The van der Waals surface area contributed by atoms with Gasteiger partial charge in [0.05, 0.1) is 22.4 Å². The average Bonchev–Trinajstić information content (AvgIpc) is 3.58. The number of aryl methyl sites for hydroxylation is 1. The normalized spacial score (nSPS) is 15.9. The van der Waals surface area contributed by atoms with Crippen LogP contribution in [0.2, 0.25) is 0 Å². The minimum absolute atomic E-state index is 0.0319. The van der Waals surface area contributed by atoms with Gasteiger partial charge in [-0.05, 0) is 67.1 Å². The highest BCUT2D eigenvalue weighted by molar-refractivity contribution is 6.35. The largest absolute Gasteiger partial charge is 0.337 e. The van der Waals surface area contributed by atoms with Crippen molar-refractivity contribution in [2.24, 2.45) is 4.99 Å².